The largest absolute Gasteiger partial charge is 0.389 e. The van der Waals surface area contributed by atoms with Crippen molar-refractivity contribution in [2.24, 2.45) is 0 Å². The molecule has 0 bridgehead atoms. The van der Waals surface area contributed by atoms with Crippen molar-refractivity contribution >= 4 is 15.9 Å². The Morgan fingerprint density at radius 2 is 2.33 bits per heavy atom. The van der Waals surface area contributed by atoms with Crippen molar-refractivity contribution in [1.82, 2.24) is 4.90 Å². The van der Waals surface area contributed by atoms with Crippen molar-refractivity contribution in [3.63, 3.8) is 0 Å². The lowest BCUT2D eigenvalue weighted by Gasteiger charge is -2.36. The third-order valence-corrected chi connectivity index (χ3v) is 2.92. The molecule has 1 aliphatic heterocycles. The molecule has 1 heterocycles. The molecule has 12 heavy (non-hydrogen) atoms. The van der Waals surface area contributed by atoms with E-state index in [0.717, 1.165) is 37.8 Å². The SMILES string of the molecule is CC1(O)CCCN(CCCBr)C1. The minimum Gasteiger partial charge on any atom is -0.389 e. The smallest absolute Gasteiger partial charge is 0.0746 e. The molecule has 0 amide bonds. The molecule has 72 valence electrons. The molecule has 0 spiro atoms. The molecule has 0 saturated carbocycles. The van der Waals surface area contributed by atoms with Gasteiger partial charge >= 0.3 is 0 Å². The van der Waals surface area contributed by atoms with E-state index in [9.17, 15) is 5.11 Å². The Balaban J connectivity index is 2.26. The van der Waals surface area contributed by atoms with Gasteiger partial charge in [-0.3, -0.25) is 0 Å². The summed E-state index contributed by atoms with van der Waals surface area (Å²) in [7, 11) is 0. The van der Waals surface area contributed by atoms with Crippen LogP contribution in [0.2, 0.25) is 0 Å². The second kappa shape index (κ2) is 4.58. The second-order valence-electron chi connectivity index (χ2n) is 3.92. The first-order valence-electron chi connectivity index (χ1n) is 4.65. The monoisotopic (exact) mass is 235 g/mol. The maximum Gasteiger partial charge on any atom is 0.0746 e. The molecule has 1 fully saturated rings. The first kappa shape index (κ1) is 10.5. The Bertz CT molecular complexity index is 138. The van der Waals surface area contributed by atoms with Crippen LogP contribution >= 0.6 is 15.9 Å². The Labute approximate surface area is 83.1 Å². The molecule has 1 atom stereocenters. The lowest BCUT2D eigenvalue weighted by molar-refractivity contribution is -0.0152. The van der Waals surface area contributed by atoms with Gasteiger partial charge in [-0.25, -0.2) is 0 Å². The topological polar surface area (TPSA) is 23.5 Å². The normalized spacial score (nSPS) is 32.2. The molecule has 1 aliphatic rings. The lowest BCUT2D eigenvalue weighted by atomic mass is 9.95. The van der Waals surface area contributed by atoms with Gasteiger partial charge in [0.1, 0.15) is 0 Å². The van der Waals surface area contributed by atoms with Crippen molar-refractivity contribution in [2.75, 3.05) is 25.0 Å². The van der Waals surface area contributed by atoms with Gasteiger partial charge < -0.3 is 10.0 Å². The summed E-state index contributed by atoms with van der Waals surface area (Å²) in [5.41, 5.74) is -0.440. The maximum atomic E-state index is 9.79. The Kier molecular flexibility index (Phi) is 4.00. The number of likely N-dealkylation sites (tertiary alicyclic amines) is 1. The first-order valence-corrected chi connectivity index (χ1v) is 5.77. The average molecular weight is 236 g/mol. The van der Waals surface area contributed by atoms with Crippen LogP contribution in [0.15, 0.2) is 0 Å². The van der Waals surface area contributed by atoms with Gasteiger partial charge in [0.2, 0.25) is 0 Å². The predicted octanol–water partition coefficient (Wildman–Crippen LogP) is 1.62. The van der Waals surface area contributed by atoms with Gasteiger partial charge in [-0.1, -0.05) is 15.9 Å². The van der Waals surface area contributed by atoms with Gasteiger partial charge in [-0.05, 0) is 39.3 Å². The van der Waals surface area contributed by atoms with E-state index in [0.29, 0.717) is 0 Å². The fourth-order valence-corrected chi connectivity index (χ4v) is 2.05. The molecular formula is C9H18BrNO. The van der Waals surface area contributed by atoms with Crippen molar-refractivity contribution in [2.45, 2.75) is 31.8 Å². The molecule has 0 aromatic heterocycles. The standard InChI is InChI=1S/C9H18BrNO/c1-9(12)4-2-6-11(8-9)7-3-5-10/h12H,2-8H2,1H3. The maximum absolute atomic E-state index is 9.79. The number of hydrogen-bond acceptors (Lipinski definition) is 2. The summed E-state index contributed by atoms with van der Waals surface area (Å²) in [6, 6.07) is 0. The zero-order valence-electron chi connectivity index (χ0n) is 7.72. The van der Waals surface area contributed by atoms with Gasteiger partial charge in [-0.2, -0.15) is 0 Å². The second-order valence-corrected chi connectivity index (χ2v) is 4.71. The van der Waals surface area contributed by atoms with E-state index in [-0.39, 0.29) is 0 Å². The van der Waals surface area contributed by atoms with Crippen molar-refractivity contribution in [1.29, 1.82) is 0 Å². The van der Waals surface area contributed by atoms with Crippen LogP contribution < -0.4 is 0 Å². The quantitative estimate of drug-likeness (QED) is 0.752. The Morgan fingerprint density at radius 3 is 2.92 bits per heavy atom. The molecule has 0 radical (unpaired) electrons. The number of aliphatic hydroxyl groups is 1. The van der Waals surface area contributed by atoms with Crippen LogP contribution in [-0.4, -0.2) is 40.6 Å². The summed E-state index contributed by atoms with van der Waals surface area (Å²) in [5.74, 6) is 0. The van der Waals surface area contributed by atoms with Gasteiger partial charge in [0.15, 0.2) is 0 Å². The van der Waals surface area contributed by atoms with Crippen molar-refractivity contribution < 1.29 is 5.11 Å². The highest BCUT2D eigenvalue weighted by Crippen LogP contribution is 2.20. The minimum atomic E-state index is -0.440. The van der Waals surface area contributed by atoms with E-state index in [1.54, 1.807) is 0 Å². The Hall–Kier alpha value is 0.400. The van der Waals surface area contributed by atoms with E-state index >= 15 is 0 Å². The predicted molar refractivity (Wildman–Crippen MR) is 54.7 cm³/mol. The van der Waals surface area contributed by atoms with Gasteiger partial charge in [-0.15, -0.1) is 0 Å². The summed E-state index contributed by atoms with van der Waals surface area (Å²) < 4.78 is 0. The molecule has 3 heteroatoms. The van der Waals surface area contributed by atoms with Crippen LogP contribution in [0.5, 0.6) is 0 Å². The molecular weight excluding hydrogens is 218 g/mol. The molecule has 0 aromatic carbocycles. The van der Waals surface area contributed by atoms with Gasteiger partial charge in [0.05, 0.1) is 5.60 Å². The highest BCUT2D eigenvalue weighted by molar-refractivity contribution is 9.09. The molecule has 1 N–H and O–H groups in total. The van der Waals surface area contributed by atoms with Crippen LogP contribution in [0.25, 0.3) is 0 Å². The van der Waals surface area contributed by atoms with Crippen LogP contribution in [0.4, 0.5) is 0 Å². The van der Waals surface area contributed by atoms with E-state index in [1.165, 1.54) is 6.42 Å². The summed E-state index contributed by atoms with van der Waals surface area (Å²) in [5, 5.41) is 10.9. The van der Waals surface area contributed by atoms with Crippen LogP contribution in [0.3, 0.4) is 0 Å². The van der Waals surface area contributed by atoms with Crippen LogP contribution in [0, 0.1) is 0 Å². The fourth-order valence-electron chi connectivity index (χ4n) is 1.80. The summed E-state index contributed by atoms with van der Waals surface area (Å²) >= 11 is 3.42. The zero-order valence-corrected chi connectivity index (χ0v) is 9.31. The van der Waals surface area contributed by atoms with E-state index in [2.05, 4.69) is 20.8 Å². The molecule has 1 saturated heterocycles. The number of piperidine rings is 1. The van der Waals surface area contributed by atoms with E-state index in [1.807, 2.05) is 6.92 Å². The molecule has 1 unspecified atom stereocenters. The van der Waals surface area contributed by atoms with E-state index < -0.39 is 5.60 Å². The number of rotatable bonds is 3. The number of nitrogens with zero attached hydrogens (tertiary/aromatic N) is 1. The first-order chi connectivity index (χ1) is 5.64. The highest BCUT2D eigenvalue weighted by atomic mass is 79.9. The minimum absolute atomic E-state index is 0.440. The molecule has 0 aliphatic carbocycles. The van der Waals surface area contributed by atoms with Gasteiger partial charge in [0, 0.05) is 11.9 Å². The molecule has 1 rings (SSSR count). The molecule has 2 nitrogen and oxygen atoms in total. The third kappa shape index (κ3) is 3.42. The van der Waals surface area contributed by atoms with E-state index in [4.69, 9.17) is 0 Å². The Morgan fingerprint density at radius 1 is 1.58 bits per heavy atom. The number of halogens is 1. The van der Waals surface area contributed by atoms with Crippen molar-refractivity contribution in [3.05, 3.63) is 0 Å². The number of alkyl halides is 1. The number of β-amino-alcohol motifs (C(OH)–C–C–N with tert-alkyl or cyclic N) is 1. The summed E-state index contributed by atoms with van der Waals surface area (Å²) in [6.45, 7) is 5.05. The average Bonchev–Trinajstić information content (AvgIpc) is 1.99. The third-order valence-electron chi connectivity index (χ3n) is 2.36. The molecule has 0 aromatic rings. The highest BCUT2D eigenvalue weighted by Gasteiger charge is 2.27. The zero-order chi connectivity index (χ0) is 9.03. The lowest BCUT2D eigenvalue weighted by Crippen LogP contribution is -2.46. The van der Waals surface area contributed by atoms with Gasteiger partial charge in [0.25, 0.3) is 0 Å². The summed E-state index contributed by atoms with van der Waals surface area (Å²) in [6.07, 6.45) is 3.27. The van der Waals surface area contributed by atoms with Crippen LogP contribution in [0.1, 0.15) is 26.2 Å². The fraction of sp³-hybridized carbons (Fsp3) is 1.00. The number of hydrogen-bond donors (Lipinski definition) is 1. The van der Waals surface area contributed by atoms with Crippen LogP contribution in [-0.2, 0) is 0 Å². The van der Waals surface area contributed by atoms with Crippen molar-refractivity contribution in [3.8, 4) is 0 Å². The summed E-state index contributed by atoms with van der Waals surface area (Å²) in [4.78, 5) is 2.35.